The van der Waals surface area contributed by atoms with E-state index in [9.17, 15) is 4.79 Å². The normalized spacial score (nSPS) is 23.2. The van der Waals surface area contributed by atoms with Crippen LogP contribution in [0, 0.1) is 12.3 Å². The predicted octanol–water partition coefficient (Wildman–Crippen LogP) is 2.31. The summed E-state index contributed by atoms with van der Waals surface area (Å²) < 4.78 is 0. The van der Waals surface area contributed by atoms with Gasteiger partial charge in [0.2, 0.25) is 5.95 Å². The molecule has 0 N–H and O–H groups in total. The minimum Gasteiger partial charge on any atom is -0.340 e. The lowest BCUT2D eigenvalue weighted by atomic mass is 9.79. The summed E-state index contributed by atoms with van der Waals surface area (Å²) in [5.74, 6) is 0.895. The molecule has 1 spiro atoms. The number of aromatic nitrogens is 3. The average Bonchev–Trinajstić information content (AvgIpc) is 3.06. The molecule has 2 aliphatic heterocycles. The Hall–Kier alpha value is -2.50. The first-order valence-corrected chi connectivity index (χ1v) is 8.89. The van der Waals surface area contributed by atoms with Crippen LogP contribution in [0.3, 0.4) is 0 Å². The van der Waals surface area contributed by atoms with Crippen molar-refractivity contribution in [2.24, 2.45) is 5.41 Å². The summed E-state index contributed by atoms with van der Waals surface area (Å²) in [6.07, 6.45) is 8.59. The van der Waals surface area contributed by atoms with Crippen molar-refractivity contribution in [1.29, 1.82) is 0 Å². The van der Waals surface area contributed by atoms with Crippen molar-refractivity contribution in [2.75, 3.05) is 31.1 Å². The Morgan fingerprint density at radius 2 is 1.92 bits per heavy atom. The molecule has 25 heavy (non-hydrogen) atoms. The standard InChI is InChI=1S/C19H23N5O/c1-15-4-5-16(12-22-15)17(25)23-11-7-19(13-23)6-2-10-24(14-19)18-20-8-3-9-21-18/h3-5,8-9,12H,2,6-7,10-11,13-14H2,1H3. The molecule has 0 bridgehead atoms. The molecule has 0 saturated carbocycles. The van der Waals surface area contributed by atoms with Gasteiger partial charge in [-0.2, -0.15) is 0 Å². The minimum atomic E-state index is 0.0949. The first-order valence-electron chi connectivity index (χ1n) is 8.89. The van der Waals surface area contributed by atoms with E-state index in [0.717, 1.165) is 57.1 Å². The summed E-state index contributed by atoms with van der Waals surface area (Å²) in [6, 6.07) is 5.61. The van der Waals surface area contributed by atoms with Crippen LogP contribution in [0.15, 0.2) is 36.8 Å². The lowest BCUT2D eigenvalue weighted by molar-refractivity contribution is 0.0767. The largest absolute Gasteiger partial charge is 0.340 e. The van der Waals surface area contributed by atoms with E-state index >= 15 is 0 Å². The van der Waals surface area contributed by atoms with Crippen LogP contribution in [-0.4, -0.2) is 51.9 Å². The highest BCUT2D eigenvalue weighted by atomic mass is 16.2. The van der Waals surface area contributed by atoms with Gasteiger partial charge >= 0.3 is 0 Å². The second-order valence-electron chi connectivity index (χ2n) is 7.24. The zero-order valence-electron chi connectivity index (χ0n) is 14.6. The van der Waals surface area contributed by atoms with Crippen molar-refractivity contribution in [1.82, 2.24) is 19.9 Å². The van der Waals surface area contributed by atoms with Crippen LogP contribution in [0.2, 0.25) is 0 Å². The van der Waals surface area contributed by atoms with Crippen molar-refractivity contribution in [3.63, 3.8) is 0 Å². The fourth-order valence-corrected chi connectivity index (χ4v) is 4.05. The minimum absolute atomic E-state index is 0.0949. The Morgan fingerprint density at radius 1 is 1.08 bits per heavy atom. The highest BCUT2D eigenvalue weighted by Gasteiger charge is 2.43. The maximum Gasteiger partial charge on any atom is 0.255 e. The van der Waals surface area contributed by atoms with Gasteiger partial charge in [-0.1, -0.05) is 0 Å². The third kappa shape index (κ3) is 3.21. The number of piperidine rings is 1. The van der Waals surface area contributed by atoms with Gasteiger partial charge in [0.1, 0.15) is 0 Å². The van der Waals surface area contributed by atoms with Gasteiger partial charge in [0.25, 0.3) is 5.91 Å². The van der Waals surface area contributed by atoms with Gasteiger partial charge in [-0.05, 0) is 44.4 Å². The second kappa shape index (κ2) is 6.43. The third-order valence-electron chi connectivity index (χ3n) is 5.38. The van der Waals surface area contributed by atoms with Crippen LogP contribution < -0.4 is 4.90 Å². The maximum absolute atomic E-state index is 12.8. The van der Waals surface area contributed by atoms with Crippen molar-refractivity contribution >= 4 is 11.9 Å². The number of anilines is 1. The van der Waals surface area contributed by atoms with Crippen LogP contribution in [0.4, 0.5) is 5.95 Å². The smallest absolute Gasteiger partial charge is 0.255 e. The molecule has 0 radical (unpaired) electrons. The maximum atomic E-state index is 12.8. The number of hydrogen-bond acceptors (Lipinski definition) is 5. The highest BCUT2D eigenvalue weighted by Crippen LogP contribution is 2.40. The fraction of sp³-hybridized carbons (Fsp3) is 0.474. The lowest BCUT2D eigenvalue weighted by Crippen LogP contribution is -2.46. The van der Waals surface area contributed by atoms with E-state index in [1.165, 1.54) is 0 Å². The Morgan fingerprint density at radius 3 is 2.68 bits per heavy atom. The van der Waals surface area contributed by atoms with Crippen molar-refractivity contribution in [3.8, 4) is 0 Å². The molecular formula is C19H23N5O. The molecule has 6 heteroatoms. The molecule has 0 aromatic carbocycles. The Balaban J connectivity index is 1.47. The van der Waals surface area contributed by atoms with E-state index in [0.29, 0.717) is 5.56 Å². The van der Waals surface area contributed by atoms with E-state index in [2.05, 4.69) is 19.9 Å². The fourth-order valence-electron chi connectivity index (χ4n) is 4.05. The Kier molecular flexibility index (Phi) is 4.11. The summed E-state index contributed by atoms with van der Waals surface area (Å²) in [5.41, 5.74) is 1.77. The zero-order chi connectivity index (χ0) is 17.3. The topological polar surface area (TPSA) is 62.2 Å². The highest BCUT2D eigenvalue weighted by molar-refractivity contribution is 5.94. The van der Waals surface area contributed by atoms with Crippen LogP contribution >= 0.6 is 0 Å². The molecule has 0 aliphatic carbocycles. The van der Waals surface area contributed by atoms with Gasteiger partial charge in [0.15, 0.2) is 0 Å². The quantitative estimate of drug-likeness (QED) is 0.841. The predicted molar refractivity (Wildman–Crippen MR) is 95.4 cm³/mol. The number of amides is 1. The molecule has 2 aliphatic rings. The van der Waals surface area contributed by atoms with E-state index in [1.54, 1.807) is 18.6 Å². The Bertz CT molecular complexity index is 748. The summed E-state index contributed by atoms with van der Waals surface area (Å²) in [7, 11) is 0. The number of carbonyl (C=O) groups excluding carboxylic acids is 1. The van der Waals surface area contributed by atoms with Crippen molar-refractivity contribution < 1.29 is 4.79 Å². The van der Waals surface area contributed by atoms with Crippen molar-refractivity contribution in [3.05, 3.63) is 48.0 Å². The molecule has 1 amide bonds. The molecule has 4 rings (SSSR count). The summed E-state index contributed by atoms with van der Waals surface area (Å²) in [6.45, 7) is 5.47. The molecular weight excluding hydrogens is 314 g/mol. The Labute approximate surface area is 147 Å². The monoisotopic (exact) mass is 337 g/mol. The average molecular weight is 337 g/mol. The molecule has 1 atom stereocenters. The van der Waals surface area contributed by atoms with E-state index in [4.69, 9.17) is 0 Å². The molecule has 2 saturated heterocycles. The summed E-state index contributed by atoms with van der Waals surface area (Å²) in [4.78, 5) is 30.1. The van der Waals surface area contributed by atoms with Gasteiger partial charge in [0.05, 0.1) is 5.56 Å². The lowest BCUT2D eigenvalue weighted by Gasteiger charge is -2.40. The molecule has 6 nitrogen and oxygen atoms in total. The number of hydrogen-bond donors (Lipinski definition) is 0. The van der Waals surface area contributed by atoms with Gasteiger partial charge in [-0.3, -0.25) is 9.78 Å². The number of aryl methyl sites for hydroxylation is 1. The molecule has 2 aromatic rings. The van der Waals surface area contributed by atoms with Crippen LogP contribution in [0.25, 0.3) is 0 Å². The first-order chi connectivity index (χ1) is 12.2. The van der Waals surface area contributed by atoms with E-state index < -0.39 is 0 Å². The van der Waals surface area contributed by atoms with Gasteiger partial charge in [0, 0.05) is 55.9 Å². The van der Waals surface area contributed by atoms with Crippen molar-refractivity contribution in [2.45, 2.75) is 26.2 Å². The van der Waals surface area contributed by atoms with Gasteiger partial charge in [-0.15, -0.1) is 0 Å². The van der Waals surface area contributed by atoms with Crippen LogP contribution in [0.1, 0.15) is 35.3 Å². The summed E-state index contributed by atoms with van der Waals surface area (Å²) in [5, 5.41) is 0. The SMILES string of the molecule is Cc1ccc(C(=O)N2CCC3(CCCN(c4ncccn4)C3)C2)cn1. The number of likely N-dealkylation sites (tertiary alicyclic amines) is 1. The van der Waals surface area contributed by atoms with Crippen LogP contribution in [-0.2, 0) is 0 Å². The van der Waals surface area contributed by atoms with E-state index in [-0.39, 0.29) is 11.3 Å². The number of rotatable bonds is 2. The number of carbonyl (C=O) groups is 1. The molecule has 1 unspecified atom stereocenters. The molecule has 4 heterocycles. The zero-order valence-corrected chi connectivity index (χ0v) is 14.6. The number of nitrogens with zero attached hydrogens (tertiary/aromatic N) is 5. The first kappa shape index (κ1) is 16.0. The van der Waals surface area contributed by atoms with Gasteiger partial charge in [-0.25, -0.2) is 9.97 Å². The molecule has 2 aromatic heterocycles. The van der Waals surface area contributed by atoms with Crippen LogP contribution in [0.5, 0.6) is 0 Å². The molecule has 2 fully saturated rings. The molecule has 130 valence electrons. The second-order valence-corrected chi connectivity index (χ2v) is 7.24. The van der Waals surface area contributed by atoms with E-state index in [1.807, 2.05) is 30.0 Å². The summed E-state index contributed by atoms with van der Waals surface area (Å²) >= 11 is 0. The third-order valence-corrected chi connectivity index (χ3v) is 5.38. The van der Waals surface area contributed by atoms with Gasteiger partial charge < -0.3 is 9.80 Å². The number of pyridine rings is 1.